The maximum absolute atomic E-state index is 6.42. The quantitative estimate of drug-likeness (QED) is 0.321. The van der Waals surface area contributed by atoms with Gasteiger partial charge in [0.15, 0.2) is 0 Å². The molecule has 0 aliphatic rings. The second kappa shape index (κ2) is 5.12. The molecule has 0 radical (unpaired) electrons. The third-order valence-corrected chi connectivity index (χ3v) is 4.89. The van der Waals surface area contributed by atoms with Crippen molar-refractivity contribution in [1.29, 1.82) is 0 Å². The van der Waals surface area contributed by atoms with E-state index in [4.69, 9.17) is 16.0 Å². The summed E-state index contributed by atoms with van der Waals surface area (Å²) in [7, 11) is 0. The summed E-state index contributed by atoms with van der Waals surface area (Å²) < 4.78 is 6.15. The number of hydrogen-bond donors (Lipinski definition) is 0. The van der Waals surface area contributed by atoms with Crippen LogP contribution in [0.1, 0.15) is 0 Å². The number of para-hydroxylation sites is 1. The monoisotopic (exact) mass is 328 g/mol. The highest BCUT2D eigenvalue weighted by Crippen LogP contribution is 2.39. The van der Waals surface area contributed by atoms with Crippen molar-refractivity contribution in [2.45, 2.75) is 0 Å². The lowest BCUT2D eigenvalue weighted by atomic mass is 9.97. The highest BCUT2D eigenvalue weighted by molar-refractivity contribution is 6.34. The van der Waals surface area contributed by atoms with Gasteiger partial charge in [-0.25, -0.2) is 0 Å². The molecule has 0 aliphatic carbocycles. The Morgan fingerprint density at radius 2 is 1.21 bits per heavy atom. The summed E-state index contributed by atoms with van der Waals surface area (Å²) in [6.45, 7) is 0. The Morgan fingerprint density at radius 1 is 0.542 bits per heavy atom. The first-order chi connectivity index (χ1) is 11.8. The molecule has 0 bridgehead atoms. The second-order valence-electron chi connectivity index (χ2n) is 5.92. The lowest BCUT2D eigenvalue weighted by molar-refractivity contribution is 0.672. The minimum atomic E-state index is 0.759. The summed E-state index contributed by atoms with van der Waals surface area (Å²) in [6.07, 6.45) is 0. The minimum Gasteiger partial charge on any atom is -0.455 e. The third-order valence-electron chi connectivity index (χ3n) is 4.57. The van der Waals surface area contributed by atoms with Gasteiger partial charge in [0, 0.05) is 26.7 Å². The highest BCUT2D eigenvalue weighted by atomic mass is 35.5. The molecule has 1 heterocycles. The van der Waals surface area contributed by atoms with Crippen LogP contribution < -0.4 is 0 Å². The predicted octanol–water partition coefficient (Wildman–Crippen LogP) is 7.06. The molecule has 5 aromatic rings. The van der Waals surface area contributed by atoms with Crippen molar-refractivity contribution in [3.05, 3.63) is 83.9 Å². The smallest absolute Gasteiger partial charge is 0.143 e. The third kappa shape index (κ3) is 1.88. The zero-order valence-corrected chi connectivity index (χ0v) is 13.5. The van der Waals surface area contributed by atoms with Crippen molar-refractivity contribution < 1.29 is 4.42 Å². The molecule has 4 aromatic carbocycles. The van der Waals surface area contributed by atoms with Crippen molar-refractivity contribution in [2.24, 2.45) is 0 Å². The van der Waals surface area contributed by atoms with Crippen molar-refractivity contribution in [3.8, 4) is 11.1 Å². The molecule has 0 fully saturated rings. The molecule has 1 nitrogen and oxygen atoms in total. The van der Waals surface area contributed by atoms with E-state index in [9.17, 15) is 0 Å². The number of hydrogen-bond acceptors (Lipinski definition) is 1. The van der Waals surface area contributed by atoms with E-state index < -0.39 is 0 Å². The Kier molecular flexibility index (Phi) is 2.91. The molecule has 0 amide bonds. The SMILES string of the molecule is Clc1ccccc1-c1cccc2c1ccc1c3ccccc3oc21. The normalized spacial score (nSPS) is 11.5. The van der Waals surface area contributed by atoms with Gasteiger partial charge in [0.2, 0.25) is 0 Å². The van der Waals surface area contributed by atoms with Gasteiger partial charge in [-0.1, -0.05) is 72.3 Å². The topological polar surface area (TPSA) is 13.1 Å². The lowest BCUT2D eigenvalue weighted by Crippen LogP contribution is -1.83. The number of benzene rings is 4. The maximum Gasteiger partial charge on any atom is 0.143 e. The number of rotatable bonds is 1. The van der Waals surface area contributed by atoms with Crippen LogP contribution in [0.4, 0.5) is 0 Å². The van der Waals surface area contributed by atoms with Crippen molar-refractivity contribution in [3.63, 3.8) is 0 Å². The van der Waals surface area contributed by atoms with E-state index in [1.54, 1.807) is 0 Å². The Morgan fingerprint density at radius 3 is 2.12 bits per heavy atom. The Labute approximate surface area is 144 Å². The molecule has 1 aromatic heterocycles. The molecule has 5 rings (SSSR count). The molecule has 0 spiro atoms. The molecular weight excluding hydrogens is 316 g/mol. The minimum absolute atomic E-state index is 0.759. The van der Waals surface area contributed by atoms with Gasteiger partial charge in [0.1, 0.15) is 11.2 Å². The molecule has 0 atom stereocenters. The van der Waals surface area contributed by atoms with E-state index >= 15 is 0 Å². The number of fused-ring (bicyclic) bond motifs is 5. The Hall–Kier alpha value is -2.77. The van der Waals surface area contributed by atoms with Gasteiger partial charge in [-0.15, -0.1) is 0 Å². The largest absolute Gasteiger partial charge is 0.455 e. The van der Waals surface area contributed by atoms with Gasteiger partial charge >= 0.3 is 0 Å². The van der Waals surface area contributed by atoms with Crippen LogP contribution in [0.2, 0.25) is 5.02 Å². The maximum atomic E-state index is 6.42. The molecule has 0 saturated heterocycles. The van der Waals surface area contributed by atoms with Crippen LogP contribution in [0.3, 0.4) is 0 Å². The first-order valence-corrected chi connectivity index (χ1v) is 8.28. The van der Waals surface area contributed by atoms with Gasteiger partial charge in [0.25, 0.3) is 0 Å². The highest BCUT2D eigenvalue weighted by Gasteiger charge is 2.13. The fourth-order valence-electron chi connectivity index (χ4n) is 3.45. The summed E-state index contributed by atoms with van der Waals surface area (Å²) in [5.41, 5.74) is 4.02. The van der Waals surface area contributed by atoms with Crippen molar-refractivity contribution in [1.82, 2.24) is 0 Å². The van der Waals surface area contributed by atoms with E-state index in [-0.39, 0.29) is 0 Å². The fraction of sp³-hybridized carbons (Fsp3) is 0. The molecule has 0 N–H and O–H groups in total. The van der Waals surface area contributed by atoms with E-state index in [0.717, 1.165) is 48.9 Å². The van der Waals surface area contributed by atoms with E-state index in [2.05, 4.69) is 42.5 Å². The van der Waals surface area contributed by atoms with Gasteiger partial charge in [0.05, 0.1) is 0 Å². The first-order valence-electron chi connectivity index (χ1n) is 7.91. The van der Waals surface area contributed by atoms with Crippen molar-refractivity contribution >= 4 is 44.3 Å². The van der Waals surface area contributed by atoms with Crippen molar-refractivity contribution in [2.75, 3.05) is 0 Å². The summed E-state index contributed by atoms with van der Waals surface area (Å²) in [5, 5.41) is 5.32. The van der Waals surface area contributed by atoms with Gasteiger partial charge in [-0.2, -0.15) is 0 Å². The van der Waals surface area contributed by atoms with E-state index in [0.29, 0.717) is 0 Å². The zero-order chi connectivity index (χ0) is 16.1. The van der Waals surface area contributed by atoms with Crippen LogP contribution in [0.15, 0.2) is 83.3 Å². The Bertz CT molecular complexity index is 1220. The van der Waals surface area contributed by atoms with Crippen LogP contribution in [0.25, 0.3) is 43.8 Å². The van der Waals surface area contributed by atoms with E-state index in [1.807, 2.05) is 36.4 Å². The predicted molar refractivity (Wildman–Crippen MR) is 102 cm³/mol. The molecule has 2 heteroatoms. The zero-order valence-electron chi connectivity index (χ0n) is 12.8. The number of furan rings is 1. The van der Waals surface area contributed by atoms with Gasteiger partial charge in [-0.3, -0.25) is 0 Å². The standard InChI is InChI=1S/C22H13ClO/c23-20-10-3-1-6-16(20)14-8-5-9-18-15(14)12-13-19-17-7-2-4-11-21(17)24-22(18)19/h1-13H. The van der Waals surface area contributed by atoms with Crippen LogP contribution in [-0.2, 0) is 0 Å². The van der Waals surface area contributed by atoms with Crippen LogP contribution in [0.5, 0.6) is 0 Å². The first kappa shape index (κ1) is 13.6. The fourth-order valence-corrected chi connectivity index (χ4v) is 3.69. The van der Waals surface area contributed by atoms with Crippen LogP contribution >= 0.6 is 11.6 Å². The molecule has 0 aliphatic heterocycles. The summed E-state index contributed by atoms with van der Waals surface area (Å²) in [4.78, 5) is 0. The molecule has 114 valence electrons. The molecule has 0 unspecified atom stereocenters. The van der Waals surface area contributed by atoms with Gasteiger partial charge < -0.3 is 4.42 Å². The average molecular weight is 329 g/mol. The Balaban J connectivity index is 1.92. The summed E-state index contributed by atoms with van der Waals surface area (Å²) in [5.74, 6) is 0. The van der Waals surface area contributed by atoms with E-state index in [1.165, 1.54) is 0 Å². The molecular formula is C22H13ClO. The summed E-state index contributed by atoms with van der Waals surface area (Å²) in [6, 6.07) is 26.7. The van der Waals surface area contributed by atoms with Crippen LogP contribution in [-0.4, -0.2) is 0 Å². The lowest BCUT2D eigenvalue weighted by Gasteiger charge is -2.09. The summed E-state index contributed by atoms with van der Waals surface area (Å²) >= 11 is 6.42. The average Bonchev–Trinajstić information content (AvgIpc) is 3.01. The number of halogens is 1. The van der Waals surface area contributed by atoms with Crippen LogP contribution in [0, 0.1) is 0 Å². The molecule has 24 heavy (non-hydrogen) atoms. The second-order valence-corrected chi connectivity index (χ2v) is 6.33. The molecule has 0 saturated carbocycles. The van der Waals surface area contributed by atoms with Gasteiger partial charge in [-0.05, 0) is 29.1 Å².